The Morgan fingerprint density at radius 2 is 1.82 bits per heavy atom. The Morgan fingerprint density at radius 3 is 2.55 bits per heavy atom. The second kappa shape index (κ2) is 11.1. The number of benzene rings is 2. The fourth-order valence-corrected chi connectivity index (χ4v) is 4.45. The second-order valence-electron chi connectivity index (χ2n) is 8.93. The summed E-state index contributed by atoms with van der Waals surface area (Å²) in [7, 11) is 0. The van der Waals surface area contributed by atoms with E-state index in [1.165, 1.54) is 11.1 Å². The molecule has 174 valence electrons. The van der Waals surface area contributed by atoms with E-state index in [1.807, 2.05) is 41.1 Å². The number of nitrogens with zero attached hydrogens (tertiary/aromatic N) is 3. The molecule has 1 aliphatic heterocycles. The van der Waals surface area contributed by atoms with Gasteiger partial charge in [-0.1, -0.05) is 48.0 Å². The van der Waals surface area contributed by atoms with Crippen LogP contribution in [0.3, 0.4) is 0 Å². The minimum Gasteiger partial charge on any atom is -0.493 e. The number of likely N-dealkylation sites (tertiary alicyclic amines) is 1. The number of piperidine rings is 1. The van der Waals surface area contributed by atoms with Crippen molar-refractivity contribution < 1.29 is 9.53 Å². The summed E-state index contributed by atoms with van der Waals surface area (Å²) in [5, 5.41) is 7.53. The zero-order valence-corrected chi connectivity index (χ0v) is 19.6. The third kappa shape index (κ3) is 6.45. The van der Waals surface area contributed by atoms with Gasteiger partial charge in [-0.15, -0.1) is 0 Å². The molecule has 6 heteroatoms. The van der Waals surface area contributed by atoms with Crippen LogP contribution in [-0.2, 0) is 11.2 Å². The Bertz CT molecular complexity index is 1010. The molecule has 1 amide bonds. The van der Waals surface area contributed by atoms with Crippen molar-refractivity contribution in [2.75, 3.05) is 25.0 Å². The number of amides is 1. The molecule has 2 aromatic carbocycles. The Labute approximate surface area is 196 Å². The van der Waals surface area contributed by atoms with E-state index >= 15 is 0 Å². The molecule has 0 unspecified atom stereocenters. The van der Waals surface area contributed by atoms with Crippen LogP contribution in [0.4, 0.5) is 5.82 Å². The molecule has 3 aromatic rings. The molecule has 6 nitrogen and oxygen atoms in total. The number of para-hydroxylation sites is 1. The van der Waals surface area contributed by atoms with Gasteiger partial charge in [-0.3, -0.25) is 4.79 Å². The molecule has 0 saturated carbocycles. The summed E-state index contributed by atoms with van der Waals surface area (Å²) in [6, 6.07) is 21.1. The number of aromatic nitrogens is 2. The number of hydrogen-bond donors (Lipinski definition) is 1. The van der Waals surface area contributed by atoms with E-state index in [0.29, 0.717) is 25.1 Å². The molecule has 1 aromatic heterocycles. The highest BCUT2D eigenvalue weighted by molar-refractivity contribution is 5.89. The van der Waals surface area contributed by atoms with Gasteiger partial charge in [0.15, 0.2) is 0 Å². The fraction of sp³-hybridized carbons (Fsp3) is 0.407. The monoisotopic (exact) mass is 446 g/mol. The molecule has 33 heavy (non-hydrogen) atoms. The van der Waals surface area contributed by atoms with Crippen LogP contribution in [0.15, 0.2) is 66.9 Å². The van der Waals surface area contributed by atoms with Crippen LogP contribution >= 0.6 is 0 Å². The molecule has 1 saturated heterocycles. The number of carbonyl (C=O) groups excluding carboxylic acids is 1. The van der Waals surface area contributed by atoms with Crippen molar-refractivity contribution in [1.82, 2.24) is 14.7 Å². The summed E-state index contributed by atoms with van der Waals surface area (Å²) in [6.45, 7) is 6.87. The Kier molecular flexibility index (Phi) is 7.79. The lowest BCUT2D eigenvalue weighted by Crippen LogP contribution is -2.41. The maximum Gasteiger partial charge on any atom is 0.228 e. The highest BCUT2D eigenvalue weighted by atomic mass is 16.5. The molecule has 0 spiro atoms. The summed E-state index contributed by atoms with van der Waals surface area (Å²) < 4.78 is 7.62. The smallest absolute Gasteiger partial charge is 0.228 e. The van der Waals surface area contributed by atoms with E-state index in [0.717, 1.165) is 43.9 Å². The molecule has 1 N–H and O–H groups in total. The third-order valence-electron chi connectivity index (χ3n) is 6.40. The normalized spacial score (nSPS) is 15.8. The largest absolute Gasteiger partial charge is 0.493 e. The molecule has 0 radical (unpaired) electrons. The van der Waals surface area contributed by atoms with Gasteiger partial charge in [-0.25, -0.2) is 4.68 Å². The van der Waals surface area contributed by atoms with E-state index in [2.05, 4.69) is 53.4 Å². The standard InChI is InChI=1S/C27H34N4O2/c1-21-8-10-23(11-9-21)20-22(2)30-17-13-24(14-18-30)31-26(12-16-28-31)29-27(32)15-19-33-25-6-4-3-5-7-25/h3-12,16,22,24H,13-15,17-20H2,1-2H3,(H,29,32)/t22-/m0/s1. The summed E-state index contributed by atoms with van der Waals surface area (Å²) in [4.78, 5) is 15.0. The zero-order chi connectivity index (χ0) is 23.0. The lowest BCUT2D eigenvalue weighted by molar-refractivity contribution is -0.116. The minimum absolute atomic E-state index is 0.0585. The molecular weight excluding hydrogens is 412 g/mol. The third-order valence-corrected chi connectivity index (χ3v) is 6.40. The number of aryl methyl sites for hydroxylation is 1. The Morgan fingerprint density at radius 1 is 1.09 bits per heavy atom. The lowest BCUT2D eigenvalue weighted by atomic mass is 10.00. The van der Waals surface area contributed by atoms with E-state index < -0.39 is 0 Å². The lowest BCUT2D eigenvalue weighted by Gasteiger charge is -2.36. The first-order valence-electron chi connectivity index (χ1n) is 11.9. The van der Waals surface area contributed by atoms with Crippen LogP contribution in [0.5, 0.6) is 5.75 Å². The van der Waals surface area contributed by atoms with Crippen LogP contribution in [0.25, 0.3) is 0 Å². The predicted molar refractivity (Wildman–Crippen MR) is 132 cm³/mol. The van der Waals surface area contributed by atoms with Gasteiger partial charge in [0.1, 0.15) is 11.6 Å². The van der Waals surface area contributed by atoms with Gasteiger partial charge in [-0.2, -0.15) is 5.10 Å². The SMILES string of the molecule is Cc1ccc(C[C@H](C)N2CCC(n3nccc3NC(=O)CCOc3ccccc3)CC2)cc1. The molecule has 0 aliphatic carbocycles. The van der Waals surface area contributed by atoms with Gasteiger partial charge in [0, 0.05) is 25.2 Å². The predicted octanol–water partition coefficient (Wildman–Crippen LogP) is 4.87. The average Bonchev–Trinajstić information content (AvgIpc) is 3.29. The van der Waals surface area contributed by atoms with E-state index in [4.69, 9.17) is 4.74 Å². The fourth-order valence-electron chi connectivity index (χ4n) is 4.45. The number of ether oxygens (including phenoxy) is 1. The van der Waals surface area contributed by atoms with Gasteiger partial charge >= 0.3 is 0 Å². The van der Waals surface area contributed by atoms with E-state index in [9.17, 15) is 4.79 Å². The molecule has 0 bridgehead atoms. The number of rotatable bonds is 9. The van der Waals surface area contributed by atoms with Crippen LogP contribution in [-0.4, -0.2) is 46.3 Å². The molecular formula is C27H34N4O2. The highest BCUT2D eigenvalue weighted by Gasteiger charge is 2.25. The topological polar surface area (TPSA) is 59.4 Å². The summed E-state index contributed by atoms with van der Waals surface area (Å²) in [5.41, 5.74) is 2.70. The number of carbonyl (C=O) groups is 1. The highest BCUT2D eigenvalue weighted by Crippen LogP contribution is 2.27. The van der Waals surface area contributed by atoms with Gasteiger partial charge in [0.25, 0.3) is 0 Å². The quantitative estimate of drug-likeness (QED) is 0.510. The van der Waals surface area contributed by atoms with Crippen LogP contribution < -0.4 is 10.1 Å². The molecule has 4 rings (SSSR count). The van der Waals surface area contributed by atoms with Crippen LogP contribution in [0.2, 0.25) is 0 Å². The molecule has 1 aliphatic rings. The van der Waals surface area contributed by atoms with Gasteiger partial charge in [0.05, 0.1) is 25.3 Å². The molecule has 1 fully saturated rings. The first-order chi connectivity index (χ1) is 16.1. The average molecular weight is 447 g/mol. The first kappa shape index (κ1) is 23.1. The van der Waals surface area contributed by atoms with E-state index in [-0.39, 0.29) is 5.91 Å². The molecule has 2 heterocycles. The van der Waals surface area contributed by atoms with Crippen molar-refractivity contribution in [2.24, 2.45) is 0 Å². The minimum atomic E-state index is -0.0585. The van der Waals surface area contributed by atoms with Crippen molar-refractivity contribution in [3.05, 3.63) is 78.0 Å². The van der Waals surface area contributed by atoms with Crippen molar-refractivity contribution in [3.8, 4) is 5.75 Å². The number of hydrogen-bond acceptors (Lipinski definition) is 4. The maximum atomic E-state index is 12.4. The number of anilines is 1. The summed E-state index contributed by atoms with van der Waals surface area (Å²) >= 11 is 0. The summed E-state index contributed by atoms with van der Waals surface area (Å²) in [6.07, 6.45) is 5.19. The maximum absolute atomic E-state index is 12.4. The summed E-state index contributed by atoms with van der Waals surface area (Å²) in [5.74, 6) is 1.49. The van der Waals surface area contributed by atoms with Crippen molar-refractivity contribution in [1.29, 1.82) is 0 Å². The van der Waals surface area contributed by atoms with Crippen LogP contribution in [0, 0.1) is 6.92 Å². The zero-order valence-electron chi connectivity index (χ0n) is 19.6. The van der Waals surface area contributed by atoms with Crippen molar-refractivity contribution in [2.45, 2.75) is 51.6 Å². The Balaban J connectivity index is 1.24. The van der Waals surface area contributed by atoms with Crippen LogP contribution in [0.1, 0.15) is 43.4 Å². The van der Waals surface area contributed by atoms with Gasteiger partial charge in [-0.05, 0) is 50.8 Å². The van der Waals surface area contributed by atoms with Crippen molar-refractivity contribution in [3.63, 3.8) is 0 Å². The van der Waals surface area contributed by atoms with Gasteiger partial charge in [0.2, 0.25) is 5.91 Å². The molecule has 1 atom stereocenters. The Hall–Kier alpha value is -3.12. The van der Waals surface area contributed by atoms with Gasteiger partial charge < -0.3 is 15.0 Å². The second-order valence-corrected chi connectivity index (χ2v) is 8.93. The number of nitrogens with one attached hydrogen (secondary N) is 1. The van der Waals surface area contributed by atoms with E-state index in [1.54, 1.807) is 6.20 Å². The first-order valence-corrected chi connectivity index (χ1v) is 11.9. The van der Waals surface area contributed by atoms with Crippen molar-refractivity contribution >= 4 is 11.7 Å².